The molecular weight excluding hydrogens is 188 g/mol. The Bertz CT molecular complexity index is 291. The quantitative estimate of drug-likeness (QED) is 0.805. The predicted molar refractivity (Wildman–Crippen MR) is 49.2 cm³/mol. The van der Waals surface area contributed by atoms with Gasteiger partial charge in [0.1, 0.15) is 0 Å². The van der Waals surface area contributed by atoms with Gasteiger partial charge in [0, 0.05) is 18.4 Å². The normalized spacial score (nSPS) is 13.2. The van der Waals surface area contributed by atoms with Crippen LogP contribution in [0.5, 0.6) is 0 Å². The van der Waals surface area contributed by atoms with Crippen molar-refractivity contribution in [1.82, 2.24) is 15.3 Å². The summed E-state index contributed by atoms with van der Waals surface area (Å²) in [5.74, 6) is 0. The zero-order chi connectivity index (χ0) is 10.6. The molecule has 1 rings (SSSR count). The minimum Gasteiger partial charge on any atom is -0.303 e. The standard InChI is InChI=1S/C9H13F2N3/c1-6-9(13-4-3-12-6)7(2)14-5-8(10)11/h3-4,7-8,14H,5H2,1-2H3. The predicted octanol–water partition coefficient (Wildman–Crippen LogP) is 1.70. The molecule has 0 spiro atoms. The molecule has 0 amide bonds. The molecule has 0 aliphatic rings. The summed E-state index contributed by atoms with van der Waals surface area (Å²) in [5.41, 5.74) is 1.48. The van der Waals surface area contributed by atoms with Crippen molar-refractivity contribution in [2.24, 2.45) is 0 Å². The number of aromatic nitrogens is 2. The van der Waals surface area contributed by atoms with Crippen LogP contribution in [0.1, 0.15) is 24.4 Å². The summed E-state index contributed by atoms with van der Waals surface area (Å²) in [7, 11) is 0. The number of halogens is 2. The van der Waals surface area contributed by atoms with Crippen LogP contribution in [0.25, 0.3) is 0 Å². The van der Waals surface area contributed by atoms with E-state index in [4.69, 9.17) is 0 Å². The van der Waals surface area contributed by atoms with Crippen molar-refractivity contribution in [3.05, 3.63) is 23.8 Å². The topological polar surface area (TPSA) is 37.8 Å². The molecule has 0 aromatic carbocycles. The highest BCUT2D eigenvalue weighted by Gasteiger charge is 2.11. The first-order valence-corrected chi connectivity index (χ1v) is 4.40. The Kier molecular flexibility index (Phi) is 3.88. The van der Waals surface area contributed by atoms with E-state index >= 15 is 0 Å². The summed E-state index contributed by atoms with van der Waals surface area (Å²) in [5, 5.41) is 2.69. The van der Waals surface area contributed by atoms with Gasteiger partial charge in [-0.15, -0.1) is 0 Å². The van der Waals surface area contributed by atoms with Crippen LogP contribution in [0, 0.1) is 6.92 Å². The Balaban J connectivity index is 2.60. The van der Waals surface area contributed by atoms with Crippen molar-refractivity contribution in [3.8, 4) is 0 Å². The SMILES string of the molecule is Cc1nccnc1C(C)NCC(F)F. The molecule has 1 unspecified atom stereocenters. The van der Waals surface area contributed by atoms with E-state index in [-0.39, 0.29) is 12.6 Å². The van der Waals surface area contributed by atoms with Crippen LogP contribution in [-0.4, -0.2) is 22.9 Å². The number of rotatable bonds is 4. The van der Waals surface area contributed by atoms with Gasteiger partial charge in [0.05, 0.1) is 17.9 Å². The lowest BCUT2D eigenvalue weighted by Gasteiger charge is -2.13. The molecule has 3 nitrogen and oxygen atoms in total. The molecule has 1 aromatic rings. The lowest BCUT2D eigenvalue weighted by Crippen LogP contribution is -2.26. The van der Waals surface area contributed by atoms with E-state index in [1.54, 1.807) is 19.3 Å². The summed E-state index contributed by atoms with van der Waals surface area (Å²) < 4.78 is 23.8. The third-order valence-electron chi connectivity index (χ3n) is 1.91. The Morgan fingerprint density at radius 2 is 2.00 bits per heavy atom. The Morgan fingerprint density at radius 1 is 1.36 bits per heavy atom. The number of nitrogens with zero attached hydrogens (tertiary/aromatic N) is 2. The van der Waals surface area contributed by atoms with E-state index in [1.165, 1.54) is 0 Å². The molecule has 78 valence electrons. The maximum absolute atomic E-state index is 11.9. The molecule has 0 bridgehead atoms. The van der Waals surface area contributed by atoms with Crippen LogP contribution in [0.2, 0.25) is 0 Å². The number of hydrogen-bond donors (Lipinski definition) is 1. The lowest BCUT2D eigenvalue weighted by atomic mass is 10.2. The zero-order valence-corrected chi connectivity index (χ0v) is 8.17. The van der Waals surface area contributed by atoms with Gasteiger partial charge in [-0.05, 0) is 13.8 Å². The number of aryl methyl sites for hydroxylation is 1. The summed E-state index contributed by atoms with van der Waals surface area (Å²) in [6.07, 6.45) is 0.802. The molecular formula is C9H13F2N3. The fraction of sp³-hybridized carbons (Fsp3) is 0.556. The Morgan fingerprint density at radius 3 is 2.57 bits per heavy atom. The molecule has 0 saturated carbocycles. The maximum Gasteiger partial charge on any atom is 0.250 e. The Labute approximate surface area is 81.6 Å². The molecule has 0 aliphatic carbocycles. The van der Waals surface area contributed by atoms with Gasteiger partial charge in [-0.1, -0.05) is 0 Å². The monoisotopic (exact) mass is 201 g/mol. The number of alkyl halides is 2. The lowest BCUT2D eigenvalue weighted by molar-refractivity contribution is 0.142. The van der Waals surface area contributed by atoms with E-state index in [1.807, 2.05) is 6.92 Å². The summed E-state index contributed by atoms with van der Waals surface area (Å²) in [6.45, 7) is 3.28. The summed E-state index contributed by atoms with van der Waals surface area (Å²) in [6, 6.07) is -0.197. The Hall–Kier alpha value is -1.10. The first-order valence-electron chi connectivity index (χ1n) is 4.40. The fourth-order valence-corrected chi connectivity index (χ4v) is 1.21. The van der Waals surface area contributed by atoms with Crippen LogP contribution in [0.15, 0.2) is 12.4 Å². The second kappa shape index (κ2) is 4.95. The fourth-order valence-electron chi connectivity index (χ4n) is 1.21. The molecule has 0 aliphatic heterocycles. The van der Waals surface area contributed by atoms with Crippen molar-refractivity contribution in [2.45, 2.75) is 26.3 Å². The van der Waals surface area contributed by atoms with Gasteiger partial charge < -0.3 is 5.32 Å². The second-order valence-corrected chi connectivity index (χ2v) is 3.05. The minimum atomic E-state index is -2.34. The van der Waals surface area contributed by atoms with Crippen molar-refractivity contribution in [2.75, 3.05) is 6.54 Å². The highest BCUT2D eigenvalue weighted by Crippen LogP contribution is 2.11. The van der Waals surface area contributed by atoms with Gasteiger partial charge >= 0.3 is 0 Å². The number of hydrogen-bond acceptors (Lipinski definition) is 3. The minimum absolute atomic E-state index is 0.197. The van der Waals surface area contributed by atoms with Crippen molar-refractivity contribution in [3.63, 3.8) is 0 Å². The molecule has 1 N–H and O–H groups in total. The van der Waals surface area contributed by atoms with Gasteiger partial charge in [0.15, 0.2) is 0 Å². The van der Waals surface area contributed by atoms with Gasteiger partial charge in [-0.3, -0.25) is 9.97 Å². The van der Waals surface area contributed by atoms with Crippen molar-refractivity contribution >= 4 is 0 Å². The first-order chi connectivity index (χ1) is 6.61. The van der Waals surface area contributed by atoms with Crippen LogP contribution >= 0.6 is 0 Å². The van der Waals surface area contributed by atoms with E-state index in [9.17, 15) is 8.78 Å². The highest BCUT2D eigenvalue weighted by molar-refractivity contribution is 5.12. The zero-order valence-electron chi connectivity index (χ0n) is 8.17. The summed E-state index contributed by atoms with van der Waals surface area (Å²) >= 11 is 0. The van der Waals surface area contributed by atoms with Crippen molar-refractivity contribution in [1.29, 1.82) is 0 Å². The molecule has 5 heteroatoms. The largest absolute Gasteiger partial charge is 0.303 e. The van der Waals surface area contributed by atoms with Gasteiger partial charge in [-0.25, -0.2) is 8.78 Å². The smallest absolute Gasteiger partial charge is 0.250 e. The molecule has 0 saturated heterocycles. The average molecular weight is 201 g/mol. The highest BCUT2D eigenvalue weighted by atomic mass is 19.3. The first kappa shape index (κ1) is 11.0. The number of nitrogens with one attached hydrogen (secondary N) is 1. The van der Waals surface area contributed by atoms with Crippen LogP contribution in [0.3, 0.4) is 0 Å². The second-order valence-electron chi connectivity index (χ2n) is 3.05. The van der Waals surface area contributed by atoms with Crippen molar-refractivity contribution < 1.29 is 8.78 Å². The molecule has 14 heavy (non-hydrogen) atoms. The van der Waals surface area contributed by atoms with E-state index in [2.05, 4.69) is 15.3 Å². The molecule has 1 heterocycles. The van der Waals surface area contributed by atoms with E-state index < -0.39 is 6.43 Å². The van der Waals surface area contributed by atoms with Gasteiger partial charge in [-0.2, -0.15) is 0 Å². The maximum atomic E-state index is 11.9. The molecule has 1 atom stereocenters. The average Bonchev–Trinajstić information content (AvgIpc) is 2.15. The van der Waals surface area contributed by atoms with Gasteiger partial charge in [0.2, 0.25) is 0 Å². The molecule has 0 fully saturated rings. The van der Waals surface area contributed by atoms with Crippen LogP contribution in [0.4, 0.5) is 8.78 Å². The summed E-state index contributed by atoms with van der Waals surface area (Å²) in [4.78, 5) is 8.12. The third kappa shape index (κ3) is 2.99. The van der Waals surface area contributed by atoms with E-state index in [0.717, 1.165) is 5.69 Å². The van der Waals surface area contributed by atoms with Crippen LogP contribution < -0.4 is 5.32 Å². The van der Waals surface area contributed by atoms with Gasteiger partial charge in [0.25, 0.3) is 6.43 Å². The van der Waals surface area contributed by atoms with Crippen LogP contribution in [-0.2, 0) is 0 Å². The van der Waals surface area contributed by atoms with E-state index in [0.29, 0.717) is 5.69 Å². The molecule has 0 radical (unpaired) electrons. The molecule has 1 aromatic heterocycles. The third-order valence-corrected chi connectivity index (χ3v) is 1.91.